The van der Waals surface area contributed by atoms with E-state index in [0.29, 0.717) is 0 Å². The average Bonchev–Trinajstić information content (AvgIpc) is 1.92. The van der Waals surface area contributed by atoms with Gasteiger partial charge in [0.1, 0.15) is 0 Å². The van der Waals surface area contributed by atoms with Gasteiger partial charge in [-0.05, 0) is 26.7 Å². The summed E-state index contributed by atoms with van der Waals surface area (Å²) in [5, 5.41) is 12.7. The number of rotatable bonds is 0. The van der Waals surface area contributed by atoms with Crippen molar-refractivity contribution in [1.82, 2.24) is 5.32 Å². The van der Waals surface area contributed by atoms with Crippen LogP contribution < -0.4 is 5.32 Å². The summed E-state index contributed by atoms with van der Waals surface area (Å²) in [6, 6.07) is 0. The van der Waals surface area contributed by atoms with Crippen LogP contribution in [0.15, 0.2) is 0 Å². The van der Waals surface area contributed by atoms with Gasteiger partial charge in [-0.25, -0.2) is 0 Å². The van der Waals surface area contributed by atoms with Gasteiger partial charge in [0.25, 0.3) is 0 Å². The molecule has 0 saturated carbocycles. The number of aliphatic hydroxyl groups is 1. The monoisotopic (exact) mass is 157 g/mol. The molecule has 1 atom stereocenters. The van der Waals surface area contributed by atoms with E-state index in [0.717, 1.165) is 13.0 Å². The molecule has 1 rings (SSSR count). The van der Waals surface area contributed by atoms with Gasteiger partial charge in [0.05, 0.1) is 6.10 Å². The third kappa shape index (κ3) is 3.21. The average molecular weight is 157 g/mol. The van der Waals surface area contributed by atoms with E-state index < -0.39 is 0 Å². The number of hydrogen-bond acceptors (Lipinski definition) is 2. The van der Waals surface area contributed by atoms with Crippen LogP contribution in [0.25, 0.3) is 0 Å². The highest BCUT2D eigenvalue weighted by Gasteiger charge is 2.20. The first-order chi connectivity index (χ1) is 5.10. The molecule has 0 bridgehead atoms. The molecule has 11 heavy (non-hydrogen) atoms. The highest BCUT2D eigenvalue weighted by Crippen LogP contribution is 2.17. The minimum absolute atomic E-state index is 0.130. The van der Waals surface area contributed by atoms with Crippen molar-refractivity contribution in [3.63, 3.8) is 0 Å². The zero-order valence-corrected chi connectivity index (χ0v) is 7.56. The van der Waals surface area contributed by atoms with Crippen LogP contribution in [0.5, 0.6) is 0 Å². The Morgan fingerprint density at radius 1 is 1.36 bits per heavy atom. The molecule has 1 saturated heterocycles. The van der Waals surface area contributed by atoms with Gasteiger partial charge < -0.3 is 10.4 Å². The SMILES string of the molecule is CC1(C)CCCCC(O)CN1. The number of β-amino-alcohol motifs (C(OH)–C–C–N with tert-alkyl or cyclic N) is 1. The van der Waals surface area contributed by atoms with Crippen LogP contribution >= 0.6 is 0 Å². The van der Waals surface area contributed by atoms with Crippen molar-refractivity contribution in [2.75, 3.05) is 6.54 Å². The fraction of sp³-hybridized carbons (Fsp3) is 1.00. The molecule has 2 heteroatoms. The van der Waals surface area contributed by atoms with Crippen molar-refractivity contribution >= 4 is 0 Å². The van der Waals surface area contributed by atoms with E-state index in [2.05, 4.69) is 19.2 Å². The second-order valence-electron chi connectivity index (χ2n) is 4.16. The van der Waals surface area contributed by atoms with Gasteiger partial charge in [0, 0.05) is 12.1 Å². The van der Waals surface area contributed by atoms with E-state index in [1.165, 1.54) is 19.3 Å². The van der Waals surface area contributed by atoms with E-state index in [1.54, 1.807) is 0 Å². The van der Waals surface area contributed by atoms with Gasteiger partial charge in [-0.2, -0.15) is 0 Å². The first-order valence-electron chi connectivity index (χ1n) is 4.53. The molecule has 1 unspecified atom stereocenters. The van der Waals surface area contributed by atoms with Crippen molar-refractivity contribution in [2.24, 2.45) is 0 Å². The van der Waals surface area contributed by atoms with Crippen molar-refractivity contribution in [3.8, 4) is 0 Å². The fourth-order valence-corrected chi connectivity index (χ4v) is 1.53. The molecule has 1 fully saturated rings. The van der Waals surface area contributed by atoms with Crippen LogP contribution in [-0.4, -0.2) is 23.3 Å². The first kappa shape index (κ1) is 9.01. The summed E-state index contributed by atoms with van der Waals surface area (Å²) in [6.07, 6.45) is 4.46. The maximum atomic E-state index is 9.38. The van der Waals surface area contributed by atoms with E-state index in [4.69, 9.17) is 0 Å². The molecule has 1 aliphatic heterocycles. The van der Waals surface area contributed by atoms with Crippen LogP contribution in [0, 0.1) is 0 Å². The van der Waals surface area contributed by atoms with Crippen molar-refractivity contribution in [3.05, 3.63) is 0 Å². The highest BCUT2D eigenvalue weighted by atomic mass is 16.3. The Kier molecular flexibility index (Phi) is 2.90. The molecule has 66 valence electrons. The molecule has 2 N–H and O–H groups in total. The lowest BCUT2D eigenvalue weighted by atomic mass is 9.93. The molecular weight excluding hydrogens is 138 g/mol. The topological polar surface area (TPSA) is 32.3 Å². The molecule has 0 aromatic rings. The predicted octanol–water partition coefficient (Wildman–Crippen LogP) is 1.29. The Morgan fingerprint density at radius 2 is 2.09 bits per heavy atom. The molecule has 0 aliphatic carbocycles. The minimum atomic E-state index is -0.130. The lowest BCUT2D eigenvalue weighted by Gasteiger charge is -2.30. The van der Waals surface area contributed by atoms with E-state index in [1.807, 2.05) is 0 Å². The molecule has 0 spiro atoms. The normalized spacial score (nSPS) is 32.5. The third-order valence-corrected chi connectivity index (χ3v) is 2.41. The standard InChI is InChI=1S/C9H19NO/c1-9(2)6-4-3-5-8(11)7-10-9/h8,10-11H,3-7H2,1-2H3. The lowest BCUT2D eigenvalue weighted by Crippen LogP contribution is -2.44. The maximum absolute atomic E-state index is 9.38. The van der Waals surface area contributed by atoms with Gasteiger partial charge in [-0.15, -0.1) is 0 Å². The molecule has 0 amide bonds. The highest BCUT2D eigenvalue weighted by molar-refractivity contribution is 4.80. The van der Waals surface area contributed by atoms with Crippen LogP contribution in [0.4, 0.5) is 0 Å². The van der Waals surface area contributed by atoms with Gasteiger partial charge in [-0.1, -0.05) is 12.8 Å². The largest absolute Gasteiger partial charge is 0.392 e. The zero-order chi connectivity index (χ0) is 8.32. The molecule has 1 heterocycles. The van der Waals surface area contributed by atoms with Crippen molar-refractivity contribution in [2.45, 2.75) is 51.2 Å². The second-order valence-corrected chi connectivity index (χ2v) is 4.16. The quantitative estimate of drug-likeness (QED) is 0.555. The molecule has 0 aromatic carbocycles. The molecule has 0 aromatic heterocycles. The summed E-state index contributed by atoms with van der Waals surface area (Å²) < 4.78 is 0. The van der Waals surface area contributed by atoms with E-state index >= 15 is 0 Å². The van der Waals surface area contributed by atoms with Gasteiger partial charge in [-0.3, -0.25) is 0 Å². The summed E-state index contributed by atoms with van der Waals surface area (Å²) in [4.78, 5) is 0. The number of hydrogen-bond donors (Lipinski definition) is 2. The van der Waals surface area contributed by atoms with Gasteiger partial charge in [0.15, 0.2) is 0 Å². The second kappa shape index (κ2) is 3.55. The third-order valence-electron chi connectivity index (χ3n) is 2.41. The molecule has 2 nitrogen and oxygen atoms in total. The summed E-state index contributed by atoms with van der Waals surface area (Å²) in [5.41, 5.74) is 0.224. The van der Waals surface area contributed by atoms with Crippen LogP contribution in [0.3, 0.4) is 0 Å². The summed E-state index contributed by atoms with van der Waals surface area (Å²) >= 11 is 0. The van der Waals surface area contributed by atoms with Crippen molar-refractivity contribution in [1.29, 1.82) is 0 Å². The van der Waals surface area contributed by atoms with Gasteiger partial charge in [0.2, 0.25) is 0 Å². The summed E-state index contributed by atoms with van der Waals surface area (Å²) in [5.74, 6) is 0. The smallest absolute Gasteiger partial charge is 0.0664 e. The van der Waals surface area contributed by atoms with Gasteiger partial charge >= 0.3 is 0 Å². The Bertz CT molecular complexity index is 123. The van der Waals surface area contributed by atoms with Crippen LogP contribution in [-0.2, 0) is 0 Å². The number of aliphatic hydroxyl groups excluding tert-OH is 1. The van der Waals surface area contributed by atoms with E-state index in [9.17, 15) is 5.11 Å². The summed E-state index contributed by atoms with van der Waals surface area (Å²) in [7, 11) is 0. The molecular formula is C9H19NO. The van der Waals surface area contributed by atoms with Crippen molar-refractivity contribution < 1.29 is 5.11 Å². The van der Waals surface area contributed by atoms with Crippen LogP contribution in [0.2, 0.25) is 0 Å². The fourth-order valence-electron chi connectivity index (χ4n) is 1.53. The Balaban J connectivity index is 2.38. The molecule has 0 radical (unpaired) electrons. The minimum Gasteiger partial charge on any atom is -0.392 e. The zero-order valence-electron chi connectivity index (χ0n) is 7.56. The Labute approximate surface area is 69.0 Å². The first-order valence-corrected chi connectivity index (χ1v) is 4.53. The summed E-state index contributed by atoms with van der Waals surface area (Å²) in [6.45, 7) is 5.16. The van der Waals surface area contributed by atoms with Crippen LogP contribution in [0.1, 0.15) is 39.5 Å². The number of nitrogens with one attached hydrogen (secondary N) is 1. The van der Waals surface area contributed by atoms with E-state index in [-0.39, 0.29) is 11.6 Å². The Hall–Kier alpha value is -0.0800. The molecule has 1 aliphatic rings. The maximum Gasteiger partial charge on any atom is 0.0664 e. The predicted molar refractivity (Wildman–Crippen MR) is 46.6 cm³/mol. The lowest BCUT2D eigenvalue weighted by molar-refractivity contribution is 0.132. The Morgan fingerprint density at radius 3 is 2.82 bits per heavy atom.